The normalized spacial score (nSPS) is 26.8. The van der Waals surface area contributed by atoms with Crippen LogP contribution >= 0.6 is 0 Å². The van der Waals surface area contributed by atoms with E-state index in [4.69, 9.17) is 0 Å². The summed E-state index contributed by atoms with van der Waals surface area (Å²) in [6.07, 6.45) is 2.32. The van der Waals surface area contributed by atoms with Gasteiger partial charge in [0.2, 0.25) is 0 Å². The van der Waals surface area contributed by atoms with E-state index in [9.17, 15) is 10.1 Å². The molecule has 18 heavy (non-hydrogen) atoms. The Morgan fingerprint density at radius 1 is 1.28 bits per heavy atom. The third kappa shape index (κ3) is 2.53. The van der Waals surface area contributed by atoms with E-state index in [1.165, 1.54) is 12.1 Å². The average molecular weight is 249 g/mol. The minimum atomic E-state index is -0.340. The molecule has 4 heteroatoms. The van der Waals surface area contributed by atoms with Gasteiger partial charge in [0, 0.05) is 25.0 Å². The van der Waals surface area contributed by atoms with Crippen LogP contribution in [-0.2, 0) is 0 Å². The van der Waals surface area contributed by atoms with Gasteiger partial charge in [-0.3, -0.25) is 10.1 Å². The predicted molar refractivity (Wildman–Crippen MR) is 71.5 cm³/mol. The first-order valence-corrected chi connectivity index (χ1v) is 6.47. The van der Waals surface area contributed by atoms with Gasteiger partial charge < -0.3 is 4.48 Å². The van der Waals surface area contributed by atoms with Gasteiger partial charge in [0.15, 0.2) is 0 Å². The average Bonchev–Trinajstić information content (AvgIpc) is 2.33. The molecule has 1 heterocycles. The topological polar surface area (TPSA) is 43.1 Å². The van der Waals surface area contributed by atoms with Crippen LogP contribution in [0.3, 0.4) is 0 Å². The smallest absolute Gasteiger partial charge is 0.269 e. The number of benzene rings is 1. The summed E-state index contributed by atoms with van der Waals surface area (Å²) in [6, 6.07) is 7.71. The second-order valence-corrected chi connectivity index (χ2v) is 5.92. The summed E-state index contributed by atoms with van der Waals surface area (Å²) < 4.78 is 1.07. The molecule has 0 N–H and O–H groups in total. The van der Waals surface area contributed by atoms with E-state index in [-0.39, 0.29) is 10.6 Å². The van der Waals surface area contributed by atoms with Crippen molar-refractivity contribution in [2.24, 2.45) is 0 Å². The Bertz CT molecular complexity index is 440. The minimum Gasteiger partial charge on any atom is -0.326 e. The molecule has 1 saturated heterocycles. The van der Waals surface area contributed by atoms with Crippen LogP contribution in [0.25, 0.3) is 0 Å². The summed E-state index contributed by atoms with van der Waals surface area (Å²) in [4.78, 5) is 10.3. The van der Waals surface area contributed by atoms with Crippen LogP contribution in [0.15, 0.2) is 24.3 Å². The highest BCUT2D eigenvalue weighted by Gasteiger charge is 2.33. The van der Waals surface area contributed by atoms with E-state index < -0.39 is 0 Å². The summed E-state index contributed by atoms with van der Waals surface area (Å²) >= 11 is 0. The minimum absolute atomic E-state index is 0.179. The number of rotatable bonds is 2. The maximum Gasteiger partial charge on any atom is 0.269 e. The second-order valence-electron chi connectivity index (χ2n) is 5.92. The van der Waals surface area contributed by atoms with Crippen LogP contribution < -0.4 is 0 Å². The van der Waals surface area contributed by atoms with Gasteiger partial charge in [-0.1, -0.05) is 12.1 Å². The zero-order chi connectivity index (χ0) is 13.3. The monoisotopic (exact) mass is 249 g/mol. The molecule has 1 aromatic carbocycles. The molecular weight excluding hydrogens is 228 g/mol. The van der Waals surface area contributed by atoms with Crippen LogP contribution in [0.1, 0.15) is 31.2 Å². The van der Waals surface area contributed by atoms with Crippen LogP contribution in [0, 0.1) is 10.1 Å². The third-order valence-corrected chi connectivity index (χ3v) is 4.45. The van der Waals surface area contributed by atoms with Crippen LogP contribution in [0.4, 0.5) is 5.69 Å². The van der Waals surface area contributed by atoms with Gasteiger partial charge in [-0.2, -0.15) is 0 Å². The first kappa shape index (κ1) is 13.0. The SMILES string of the molecule is CC1CC(c2ccc([N+](=O)[O-])cc2)CC[N+]1(C)C. The molecule has 0 saturated carbocycles. The van der Waals surface area contributed by atoms with E-state index in [1.807, 2.05) is 12.1 Å². The summed E-state index contributed by atoms with van der Waals surface area (Å²) in [6.45, 7) is 3.46. The fraction of sp³-hybridized carbons (Fsp3) is 0.571. The molecule has 2 rings (SSSR count). The first-order valence-electron chi connectivity index (χ1n) is 6.47. The molecule has 0 radical (unpaired) electrons. The number of quaternary nitrogens is 1. The van der Waals surface area contributed by atoms with Crippen molar-refractivity contribution in [1.82, 2.24) is 0 Å². The lowest BCUT2D eigenvalue weighted by Gasteiger charge is -2.43. The summed E-state index contributed by atoms with van der Waals surface area (Å²) in [5.41, 5.74) is 1.42. The molecule has 1 aromatic rings. The van der Waals surface area contributed by atoms with Crippen molar-refractivity contribution in [3.8, 4) is 0 Å². The Hall–Kier alpha value is -1.42. The Balaban J connectivity index is 2.11. The number of nitro benzene ring substituents is 1. The van der Waals surface area contributed by atoms with Gasteiger partial charge in [0.1, 0.15) is 0 Å². The summed E-state index contributed by atoms with van der Waals surface area (Å²) in [5, 5.41) is 10.6. The molecule has 2 atom stereocenters. The van der Waals surface area contributed by atoms with Crippen molar-refractivity contribution in [1.29, 1.82) is 0 Å². The number of likely N-dealkylation sites (tertiary alicyclic amines) is 1. The Morgan fingerprint density at radius 2 is 1.89 bits per heavy atom. The quantitative estimate of drug-likeness (QED) is 0.459. The van der Waals surface area contributed by atoms with Gasteiger partial charge in [-0.05, 0) is 18.4 Å². The predicted octanol–water partition coefficient (Wildman–Crippen LogP) is 2.94. The van der Waals surface area contributed by atoms with Crippen LogP contribution in [0.5, 0.6) is 0 Å². The molecular formula is C14H21N2O2+. The maximum atomic E-state index is 10.6. The molecule has 1 fully saturated rings. The zero-order valence-corrected chi connectivity index (χ0v) is 11.3. The van der Waals surface area contributed by atoms with Crippen LogP contribution in [0.2, 0.25) is 0 Å². The maximum absolute atomic E-state index is 10.6. The number of piperidine rings is 1. The largest absolute Gasteiger partial charge is 0.326 e. The molecule has 0 spiro atoms. The Morgan fingerprint density at radius 3 is 2.39 bits per heavy atom. The van der Waals surface area contributed by atoms with Crippen molar-refractivity contribution < 1.29 is 9.41 Å². The van der Waals surface area contributed by atoms with Crippen molar-refractivity contribution in [3.63, 3.8) is 0 Å². The van der Waals surface area contributed by atoms with E-state index in [2.05, 4.69) is 21.0 Å². The van der Waals surface area contributed by atoms with Gasteiger partial charge in [0.05, 0.1) is 31.6 Å². The van der Waals surface area contributed by atoms with Gasteiger partial charge >= 0.3 is 0 Å². The highest BCUT2D eigenvalue weighted by atomic mass is 16.6. The molecule has 4 nitrogen and oxygen atoms in total. The first-order chi connectivity index (χ1) is 8.40. The Labute approximate surface area is 108 Å². The molecule has 0 aromatic heterocycles. The van der Waals surface area contributed by atoms with Gasteiger partial charge in [-0.25, -0.2) is 0 Å². The molecule has 2 unspecified atom stereocenters. The number of hydrogen-bond donors (Lipinski definition) is 0. The number of hydrogen-bond acceptors (Lipinski definition) is 2. The number of non-ortho nitro benzene ring substituents is 1. The zero-order valence-electron chi connectivity index (χ0n) is 11.3. The van der Waals surface area contributed by atoms with Crippen LogP contribution in [-0.4, -0.2) is 36.1 Å². The fourth-order valence-corrected chi connectivity index (χ4v) is 2.69. The van der Waals surface area contributed by atoms with Crippen molar-refractivity contribution in [2.45, 2.75) is 31.7 Å². The summed E-state index contributed by atoms with van der Waals surface area (Å²) in [5.74, 6) is 0.548. The standard InChI is InChI=1S/C14H21N2O2/c1-11-10-13(8-9-16(11,2)3)12-4-6-14(7-5-12)15(17)18/h4-7,11,13H,8-10H2,1-3H3/q+1. The molecule has 0 aliphatic carbocycles. The molecule has 98 valence electrons. The van der Waals surface area contributed by atoms with Crippen molar-refractivity contribution in [2.75, 3.05) is 20.6 Å². The highest BCUT2D eigenvalue weighted by Crippen LogP contribution is 2.34. The molecule has 0 bridgehead atoms. The molecule has 0 amide bonds. The Kier molecular flexibility index (Phi) is 3.39. The van der Waals surface area contributed by atoms with Crippen molar-refractivity contribution >= 4 is 5.69 Å². The number of nitro groups is 1. The van der Waals surface area contributed by atoms with E-state index in [1.54, 1.807) is 12.1 Å². The number of nitrogens with zero attached hydrogens (tertiary/aromatic N) is 2. The lowest BCUT2D eigenvalue weighted by Crippen LogP contribution is -2.51. The van der Waals surface area contributed by atoms with E-state index in [0.717, 1.165) is 17.3 Å². The molecule has 1 aliphatic rings. The highest BCUT2D eigenvalue weighted by molar-refractivity contribution is 5.34. The lowest BCUT2D eigenvalue weighted by molar-refractivity contribution is -0.918. The van der Waals surface area contributed by atoms with Crippen molar-refractivity contribution in [3.05, 3.63) is 39.9 Å². The van der Waals surface area contributed by atoms with Gasteiger partial charge in [0.25, 0.3) is 5.69 Å². The molecule has 1 aliphatic heterocycles. The fourth-order valence-electron chi connectivity index (χ4n) is 2.69. The van der Waals surface area contributed by atoms with E-state index in [0.29, 0.717) is 12.0 Å². The summed E-state index contributed by atoms with van der Waals surface area (Å²) in [7, 11) is 4.55. The van der Waals surface area contributed by atoms with Gasteiger partial charge in [-0.15, -0.1) is 0 Å². The lowest BCUT2D eigenvalue weighted by atomic mass is 9.85. The third-order valence-electron chi connectivity index (χ3n) is 4.45. The second kappa shape index (κ2) is 4.69. The van der Waals surface area contributed by atoms with E-state index >= 15 is 0 Å².